The third kappa shape index (κ3) is 13.5. The number of hydrogen-bond acceptors (Lipinski definition) is 3. The molecule has 0 aliphatic rings. The van der Waals surface area contributed by atoms with Crippen LogP contribution in [-0.2, 0) is 20.6 Å². The summed E-state index contributed by atoms with van der Waals surface area (Å²) in [6.07, 6.45) is 5.06. The monoisotopic (exact) mass is 422 g/mol. The lowest BCUT2D eigenvalue weighted by Crippen LogP contribution is -2.41. The fourth-order valence-electron chi connectivity index (χ4n) is 1.84. The van der Waals surface area contributed by atoms with Gasteiger partial charge in [0.25, 0.3) is 0 Å². The van der Waals surface area contributed by atoms with Crippen molar-refractivity contribution in [3.8, 4) is 12.3 Å². The summed E-state index contributed by atoms with van der Waals surface area (Å²) in [5.41, 5.74) is 0.0694. The highest BCUT2D eigenvalue weighted by atomic mass is 32.2. The summed E-state index contributed by atoms with van der Waals surface area (Å²) in [6, 6.07) is 0. The van der Waals surface area contributed by atoms with Crippen molar-refractivity contribution in [1.82, 2.24) is 0 Å². The Bertz CT molecular complexity index is 565. The van der Waals surface area contributed by atoms with Gasteiger partial charge in [0.15, 0.2) is 9.84 Å². The van der Waals surface area contributed by atoms with Crippen molar-refractivity contribution < 1.29 is 12.6 Å². The molecule has 0 aromatic carbocycles. The van der Waals surface area contributed by atoms with E-state index in [-0.39, 0.29) is 14.9 Å². The van der Waals surface area contributed by atoms with Crippen LogP contribution in [-0.4, -0.2) is 31.6 Å². The SMILES string of the molecule is C#CC(C)(C)C.CC(C)(C)S(=O)(=O)C(C)(C)C.CC(C)(C)S(=O)C(C)(C)C. The molecule has 27 heavy (non-hydrogen) atoms. The van der Waals surface area contributed by atoms with E-state index in [1.165, 1.54) is 0 Å². The molecule has 0 saturated carbocycles. The van der Waals surface area contributed by atoms with Crippen molar-refractivity contribution in [3.63, 3.8) is 0 Å². The molecule has 0 aromatic heterocycles. The minimum absolute atomic E-state index is 0.0694. The maximum absolute atomic E-state index is 11.7. The summed E-state index contributed by atoms with van der Waals surface area (Å²) in [5, 5.41) is 0. The van der Waals surface area contributed by atoms with E-state index in [1.807, 2.05) is 62.3 Å². The third-order valence-electron chi connectivity index (χ3n) is 3.16. The first-order chi connectivity index (χ1) is 11.2. The van der Waals surface area contributed by atoms with Gasteiger partial charge in [0.2, 0.25) is 0 Å². The molecule has 0 saturated heterocycles. The molecule has 0 rings (SSSR count). The van der Waals surface area contributed by atoms with Crippen LogP contribution in [0.1, 0.15) is 104 Å². The van der Waals surface area contributed by atoms with Crippen LogP contribution in [0.3, 0.4) is 0 Å². The van der Waals surface area contributed by atoms with E-state index in [2.05, 4.69) is 5.92 Å². The van der Waals surface area contributed by atoms with Gasteiger partial charge in [-0.1, -0.05) is 0 Å². The molecule has 0 aliphatic heterocycles. The second-order valence-corrected chi connectivity index (χ2v) is 18.1. The minimum atomic E-state index is -3.01. The Morgan fingerprint density at radius 2 is 0.815 bits per heavy atom. The van der Waals surface area contributed by atoms with Crippen LogP contribution in [0.5, 0.6) is 0 Å². The predicted molar refractivity (Wildman–Crippen MR) is 124 cm³/mol. The lowest BCUT2D eigenvalue weighted by Gasteiger charge is -2.29. The lowest BCUT2D eigenvalue weighted by atomic mass is 9.99. The topological polar surface area (TPSA) is 51.2 Å². The molecule has 5 heteroatoms. The van der Waals surface area contributed by atoms with Crippen molar-refractivity contribution in [1.29, 1.82) is 0 Å². The first kappa shape index (κ1) is 31.4. The molecule has 0 bridgehead atoms. The van der Waals surface area contributed by atoms with E-state index < -0.39 is 30.1 Å². The van der Waals surface area contributed by atoms with Gasteiger partial charge < -0.3 is 0 Å². The van der Waals surface area contributed by atoms with E-state index in [0.717, 1.165) is 0 Å². The maximum Gasteiger partial charge on any atom is 0.160 e. The van der Waals surface area contributed by atoms with E-state index in [4.69, 9.17) is 6.42 Å². The fraction of sp³-hybridized carbons (Fsp3) is 0.909. The second-order valence-electron chi connectivity index (χ2n) is 11.6. The van der Waals surface area contributed by atoms with Crippen LogP contribution < -0.4 is 0 Å². The molecule has 0 aliphatic carbocycles. The maximum atomic E-state index is 11.7. The van der Waals surface area contributed by atoms with Gasteiger partial charge in [-0.25, -0.2) is 8.42 Å². The summed E-state index contributed by atoms with van der Waals surface area (Å²) in [6.45, 7) is 28.4. The molecule has 3 nitrogen and oxygen atoms in total. The highest BCUT2D eigenvalue weighted by Crippen LogP contribution is 2.28. The van der Waals surface area contributed by atoms with Gasteiger partial charge in [0.05, 0.1) is 9.49 Å². The number of hydrogen-bond donors (Lipinski definition) is 0. The van der Waals surface area contributed by atoms with Crippen molar-refractivity contribution in [2.24, 2.45) is 5.41 Å². The molecular formula is C22H46O3S2. The quantitative estimate of drug-likeness (QED) is 0.450. The first-order valence-electron chi connectivity index (χ1n) is 9.36. The zero-order valence-electron chi connectivity index (χ0n) is 20.6. The average molecular weight is 423 g/mol. The van der Waals surface area contributed by atoms with Crippen molar-refractivity contribution >= 4 is 20.6 Å². The number of rotatable bonds is 0. The lowest BCUT2D eigenvalue weighted by molar-refractivity contribution is 0.525. The van der Waals surface area contributed by atoms with Crippen LogP contribution in [0.15, 0.2) is 0 Å². The Balaban J connectivity index is -0.000000334. The highest BCUT2D eigenvalue weighted by molar-refractivity contribution is 7.94. The molecule has 0 radical (unpaired) electrons. The first-order valence-corrected chi connectivity index (χ1v) is 12.0. The number of terminal acetylenes is 1. The molecule has 0 fully saturated rings. The van der Waals surface area contributed by atoms with Crippen molar-refractivity contribution in [2.75, 3.05) is 0 Å². The Kier molecular flexibility index (Phi) is 11.5. The summed E-state index contributed by atoms with van der Waals surface area (Å²) in [5.74, 6) is 2.60. The Hall–Kier alpha value is -0.340. The Labute approximate surface area is 173 Å². The zero-order valence-corrected chi connectivity index (χ0v) is 22.3. The summed E-state index contributed by atoms with van der Waals surface area (Å²) in [7, 11) is -3.77. The second kappa shape index (κ2) is 9.92. The summed E-state index contributed by atoms with van der Waals surface area (Å²) in [4.78, 5) is 0. The van der Waals surface area contributed by atoms with Gasteiger partial charge in [-0.05, 0) is 104 Å². The van der Waals surface area contributed by atoms with Crippen LogP contribution in [0.2, 0.25) is 0 Å². The van der Waals surface area contributed by atoms with Gasteiger partial charge in [-0.2, -0.15) is 0 Å². The van der Waals surface area contributed by atoms with Gasteiger partial charge in [-0.3, -0.25) is 4.21 Å². The Morgan fingerprint density at radius 1 is 0.630 bits per heavy atom. The largest absolute Gasteiger partial charge is 0.258 e. The Morgan fingerprint density at radius 3 is 0.815 bits per heavy atom. The summed E-state index contributed by atoms with van der Waals surface area (Å²) < 4.78 is 33.5. The smallest absolute Gasteiger partial charge is 0.160 e. The third-order valence-corrected chi connectivity index (χ3v) is 8.61. The summed E-state index contributed by atoms with van der Waals surface area (Å²) >= 11 is 0. The van der Waals surface area contributed by atoms with E-state index in [1.54, 1.807) is 41.5 Å². The minimum Gasteiger partial charge on any atom is -0.258 e. The normalized spacial score (nSPS) is 13.7. The molecule has 0 atom stereocenters. The van der Waals surface area contributed by atoms with Crippen LogP contribution in [0, 0.1) is 17.8 Å². The zero-order chi connectivity index (χ0) is 23.3. The average Bonchev–Trinajstić information content (AvgIpc) is 2.33. The van der Waals surface area contributed by atoms with Crippen LogP contribution >= 0.6 is 0 Å². The molecular weight excluding hydrogens is 376 g/mol. The molecule has 164 valence electrons. The number of sulfone groups is 1. The van der Waals surface area contributed by atoms with E-state index in [0.29, 0.717) is 0 Å². The van der Waals surface area contributed by atoms with Crippen molar-refractivity contribution in [3.05, 3.63) is 0 Å². The molecule has 0 heterocycles. The van der Waals surface area contributed by atoms with Crippen LogP contribution in [0.25, 0.3) is 0 Å². The van der Waals surface area contributed by atoms with Gasteiger partial charge in [-0.15, -0.1) is 12.3 Å². The van der Waals surface area contributed by atoms with Gasteiger partial charge in [0, 0.05) is 25.7 Å². The standard InChI is InChI=1S/C8H18O2S.C8H18OS.C6H10/c1-7(2,3)11(9,10)8(4,5)6;1-7(2,3)10(9)8(4,5)6;1-5-6(2,3)4/h1-6H3;1-6H3;1H,2-4H3. The molecule has 0 N–H and O–H groups in total. The molecule has 0 spiro atoms. The highest BCUT2D eigenvalue weighted by Gasteiger charge is 2.39. The van der Waals surface area contributed by atoms with E-state index >= 15 is 0 Å². The molecule has 0 unspecified atom stereocenters. The van der Waals surface area contributed by atoms with Gasteiger partial charge in [0.1, 0.15) is 0 Å². The van der Waals surface area contributed by atoms with Crippen LogP contribution in [0.4, 0.5) is 0 Å². The molecule has 0 aromatic rings. The molecule has 0 amide bonds. The van der Waals surface area contributed by atoms with E-state index in [9.17, 15) is 12.6 Å². The fourth-order valence-corrected chi connectivity index (χ4v) is 5.51. The van der Waals surface area contributed by atoms with Crippen molar-refractivity contribution in [2.45, 2.75) is 123 Å². The van der Waals surface area contributed by atoms with Gasteiger partial charge >= 0.3 is 0 Å². The predicted octanol–water partition coefficient (Wildman–Crippen LogP) is 6.00.